The molecule has 0 bridgehead atoms. The molecular formula is C27H33N3O3. The molecule has 0 amide bonds. The molecule has 2 heterocycles. The molecule has 0 radical (unpaired) electrons. The average Bonchev–Trinajstić information content (AvgIpc) is 3.03. The first kappa shape index (κ1) is 23.1. The zero-order chi connectivity index (χ0) is 23.4. The standard InChI is InChI=1S/C27H33N3O3/c1-4-33-26(32)27(18-22-12-7-5-8-13-22)16-11-17-29(20-27)19-24-21(2)28(3)30(25(24)31)23-14-9-6-10-15-23/h5-10,12-15H,4,11,16-20H2,1-3H3. The number of benzene rings is 2. The van der Waals surface area contributed by atoms with Gasteiger partial charge in [0.25, 0.3) is 5.56 Å². The van der Waals surface area contributed by atoms with E-state index in [2.05, 4.69) is 17.0 Å². The maximum Gasteiger partial charge on any atom is 0.313 e. The molecule has 0 aliphatic carbocycles. The van der Waals surface area contributed by atoms with Crippen LogP contribution in [0.5, 0.6) is 0 Å². The van der Waals surface area contributed by atoms with E-state index in [1.807, 2.05) is 74.1 Å². The van der Waals surface area contributed by atoms with E-state index in [0.717, 1.165) is 41.9 Å². The number of ether oxygens (including phenoxy) is 1. The molecule has 1 aliphatic rings. The Hall–Kier alpha value is -3.12. The smallest absolute Gasteiger partial charge is 0.313 e. The number of nitrogens with zero attached hydrogens (tertiary/aromatic N) is 3. The lowest BCUT2D eigenvalue weighted by atomic mass is 9.75. The Morgan fingerprint density at radius 1 is 1.06 bits per heavy atom. The van der Waals surface area contributed by atoms with Crippen LogP contribution in [-0.4, -0.2) is 39.9 Å². The lowest BCUT2D eigenvalue weighted by Crippen LogP contribution is -2.49. The third-order valence-electron chi connectivity index (χ3n) is 6.80. The van der Waals surface area contributed by atoms with Gasteiger partial charge in [-0.1, -0.05) is 48.5 Å². The third kappa shape index (κ3) is 4.67. The lowest BCUT2D eigenvalue weighted by Gasteiger charge is -2.41. The monoisotopic (exact) mass is 447 g/mol. The van der Waals surface area contributed by atoms with Crippen LogP contribution in [0.2, 0.25) is 0 Å². The molecular weight excluding hydrogens is 414 g/mol. The first-order valence-corrected chi connectivity index (χ1v) is 11.7. The second-order valence-electron chi connectivity index (χ2n) is 9.02. The van der Waals surface area contributed by atoms with Gasteiger partial charge in [0.05, 0.1) is 23.3 Å². The SMILES string of the molecule is CCOC(=O)C1(Cc2ccccc2)CCCN(Cc2c(C)n(C)n(-c3ccccc3)c2=O)C1. The van der Waals surface area contributed by atoms with Crippen LogP contribution in [0, 0.1) is 12.3 Å². The van der Waals surface area contributed by atoms with Crippen LogP contribution in [0.15, 0.2) is 65.5 Å². The predicted molar refractivity (Wildman–Crippen MR) is 129 cm³/mol. The van der Waals surface area contributed by atoms with E-state index < -0.39 is 5.41 Å². The highest BCUT2D eigenvalue weighted by atomic mass is 16.5. The number of likely N-dealkylation sites (tertiary alicyclic amines) is 1. The van der Waals surface area contributed by atoms with Gasteiger partial charge in [-0.25, -0.2) is 4.68 Å². The van der Waals surface area contributed by atoms with Crippen molar-refractivity contribution in [1.82, 2.24) is 14.3 Å². The van der Waals surface area contributed by atoms with E-state index in [9.17, 15) is 9.59 Å². The Bertz CT molecular complexity index is 1150. The number of hydrogen-bond acceptors (Lipinski definition) is 4. The van der Waals surface area contributed by atoms with Crippen LogP contribution in [0.1, 0.15) is 36.6 Å². The van der Waals surface area contributed by atoms with Gasteiger partial charge in [0.15, 0.2) is 0 Å². The molecule has 2 aromatic carbocycles. The molecule has 1 atom stereocenters. The van der Waals surface area contributed by atoms with Crippen LogP contribution in [0.3, 0.4) is 0 Å². The number of para-hydroxylation sites is 1. The number of hydrogen-bond donors (Lipinski definition) is 0. The summed E-state index contributed by atoms with van der Waals surface area (Å²) >= 11 is 0. The molecule has 3 aromatic rings. The molecule has 1 fully saturated rings. The highest BCUT2D eigenvalue weighted by Crippen LogP contribution is 2.36. The number of carbonyl (C=O) groups excluding carboxylic acids is 1. The minimum absolute atomic E-state index is 0.00318. The molecule has 33 heavy (non-hydrogen) atoms. The Kier molecular flexibility index (Phi) is 6.84. The molecule has 174 valence electrons. The average molecular weight is 448 g/mol. The van der Waals surface area contributed by atoms with Crippen LogP contribution in [0.25, 0.3) is 5.69 Å². The molecule has 6 nitrogen and oxygen atoms in total. The molecule has 1 unspecified atom stereocenters. The van der Waals surface area contributed by atoms with Crippen molar-refractivity contribution in [3.05, 3.63) is 87.8 Å². The van der Waals surface area contributed by atoms with Crippen LogP contribution < -0.4 is 5.56 Å². The number of esters is 1. The van der Waals surface area contributed by atoms with E-state index in [4.69, 9.17) is 4.74 Å². The topological polar surface area (TPSA) is 56.5 Å². The second kappa shape index (κ2) is 9.79. The largest absolute Gasteiger partial charge is 0.466 e. The van der Waals surface area contributed by atoms with E-state index in [0.29, 0.717) is 26.1 Å². The van der Waals surface area contributed by atoms with Crippen molar-refractivity contribution in [3.63, 3.8) is 0 Å². The highest BCUT2D eigenvalue weighted by molar-refractivity contribution is 5.77. The molecule has 1 saturated heterocycles. The van der Waals surface area contributed by atoms with Gasteiger partial charge < -0.3 is 4.74 Å². The Morgan fingerprint density at radius 3 is 2.39 bits per heavy atom. The number of piperidine rings is 1. The van der Waals surface area contributed by atoms with Gasteiger partial charge in [-0.2, -0.15) is 0 Å². The van der Waals surface area contributed by atoms with E-state index in [-0.39, 0.29) is 11.5 Å². The Balaban J connectivity index is 1.63. The maximum absolute atomic E-state index is 13.4. The first-order chi connectivity index (χ1) is 15.9. The summed E-state index contributed by atoms with van der Waals surface area (Å²) in [5.41, 5.74) is 3.10. The van der Waals surface area contributed by atoms with Crippen molar-refractivity contribution in [2.24, 2.45) is 12.5 Å². The Labute approximate surface area is 195 Å². The van der Waals surface area contributed by atoms with Crippen molar-refractivity contribution in [1.29, 1.82) is 0 Å². The van der Waals surface area contributed by atoms with Gasteiger partial charge in [-0.05, 0) is 57.4 Å². The second-order valence-corrected chi connectivity index (χ2v) is 9.02. The molecule has 0 spiro atoms. The van der Waals surface area contributed by atoms with Crippen LogP contribution >= 0.6 is 0 Å². The predicted octanol–water partition coefficient (Wildman–Crippen LogP) is 3.87. The number of aromatic nitrogens is 2. The summed E-state index contributed by atoms with van der Waals surface area (Å²) < 4.78 is 9.18. The fraction of sp³-hybridized carbons (Fsp3) is 0.407. The summed E-state index contributed by atoms with van der Waals surface area (Å²) in [6.45, 7) is 6.18. The van der Waals surface area contributed by atoms with Gasteiger partial charge in [-0.15, -0.1) is 0 Å². The van der Waals surface area contributed by atoms with Gasteiger partial charge in [-0.3, -0.25) is 19.2 Å². The molecule has 4 rings (SSSR count). The normalized spacial score (nSPS) is 18.9. The minimum atomic E-state index is -0.600. The highest BCUT2D eigenvalue weighted by Gasteiger charge is 2.43. The van der Waals surface area contributed by atoms with Gasteiger partial charge in [0.1, 0.15) is 0 Å². The summed E-state index contributed by atoms with van der Waals surface area (Å²) in [5.74, 6) is -0.134. The van der Waals surface area contributed by atoms with E-state index >= 15 is 0 Å². The van der Waals surface area contributed by atoms with Crippen molar-refractivity contribution >= 4 is 5.97 Å². The van der Waals surface area contributed by atoms with Gasteiger partial charge >= 0.3 is 5.97 Å². The third-order valence-corrected chi connectivity index (χ3v) is 6.80. The van der Waals surface area contributed by atoms with Gasteiger partial charge in [0.2, 0.25) is 0 Å². The zero-order valence-corrected chi connectivity index (χ0v) is 19.8. The van der Waals surface area contributed by atoms with Crippen molar-refractivity contribution in [3.8, 4) is 5.69 Å². The maximum atomic E-state index is 13.4. The summed E-state index contributed by atoms with van der Waals surface area (Å²) in [5, 5.41) is 0. The number of carbonyl (C=O) groups is 1. The number of rotatable bonds is 7. The fourth-order valence-electron chi connectivity index (χ4n) is 5.05. The lowest BCUT2D eigenvalue weighted by molar-refractivity contribution is -0.159. The molecule has 0 N–H and O–H groups in total. The fourth-order valence-corrected chi connectivity index (χ4v) is 5.05. The quantitative estimate of drug-likeness (QED) is 0.516. The molecule has 1 aromatic heterocycles. The summed E-state index contributed by atoms with van der Waals surface area (Å²) in [6.07, 6.45) is 2.33. The van der Waals surface area contributed by atoms with Crippen molar-refractivity contribution in [2.45, 2.75) is 39.7 Å². The molecule has 6 heteroatoms. The van der Waals surface area contributed by atoms with Crippen LogP contribution in [-0.2, 0) is 29.5 Å². The molecule has 0 saturated carbocycles. The minimum Gasteiger partial charge on any atom is -0.466 e. The summed E-state index contributed by atoms with van der Waals surface area (Å²) in [4.78, 5) is 28.8. The summed E-state index contributed by atoms with van der Waals surface area (Å²) in [6, 6.07) is 19.8. The van der Waals surface area contributed by atoms with E-state index in [1.54, 1.807) is 4.68 Å². The van der Waals surface area contributed by atoms with E-state index in [1.165, 1.54) is 0 Å². The first-order valence-electron chi connectivity index (χ1n) is 11.7. The zero-order valence-electron chi connectivity index (χ0n) is 19.8. The van der Waals surface area contributed by atoms with Crippen molar-refractivity contribution in [2.75, 3.05) is 19.7 Å². The Morgan fingerprint density at radius 2 is 1.73 bits per heavy atom. The molecule has 1 aliphatic heterocycles. The van der Waals surface area contributed by atoms with Gasteiger partial charge in [0, 0.05) is 25.8 Å². The summed E-state index contributed by atoms with van der Waals surface area (Å²) in [7, 11) is 1.92. The van der Waals surface area contributed by atoms with Crippen LogP contribution in [0.4, 0.5) is 0 Å². The van der Waals surface area contributed by atoms with Crippen molar-refractivity contribution < 1.29 is 9.53 Å².